The zero-order valence-electron chi connectivity index (χ0n) is 6.84. The van der Waals surface area contributed by atoms with E-state index in [1.807, 2.05) is 0 Å². The van der Waals surface area contributed by atoms with E-state index in [1.165, 1.54) is 31.8 Å². The van der Waals surface area contributed by atoms with Gasteiger partial charge in [0.2, 0.25) is 0 Å². The van der Waals surface area contributed by atoms with Crippen LogP contribution in [0.2, 0.25) is 0 Å². The van der Waals surface area contributed by atoms with Gasteiger partial charge in [-0.3, -0.25) is 9.89 Å². The van der Waals surface area contributed by atoms with E-state index in [4.69, 9.17) is 0 Å². The van der Waals surface area contributed by atoms with Crippen molar-refractivity contribution in [1.82, 2.24) is 10.2 Å². The molecule has 2 heterocycles. The van der Waals surface area contributed by atoms with Crippen LogP contribution in [0.5, 0.6) is 0 Å². The summed E-state index contributed by atoms with van der Waals surface area (Å²) < 4.78 is 0. The third kappa shape index (κ3) is 1.71. The van der Waals surface area contributed by atoms with Gasteiger partial charge in [0.05, 0.1) is 6.54 Å². The summed E-state index contributed by atoms with van der Waals surface area (Å²) in [6.07, 6.45) is 2.57. The fourth-order valence-corrected chi connectivity index (χ4v) is 1.44. The van der Waals surface area contributed by atoms with E-state index >= 15 is 0 Å². The molecule has 0 amide bonds. The first-order valence-corrected chi connectivity index (χ1v) is 4.45. The van der Waals surface area contributed by atoms with Gasteiger partial charge in [0.25, 0.3) is 0 Å². The topological polar surface area (TPSA) is 27.6 Å². The molecule has 0 aromatic heterocycles. The molecule has 0 saturated carbocycles. The zero-order valence-corrected chi connectivity index (χ0v) is 6.84. The molecule has 0 unspecified atom stereocenters. The Morgan fingerprint density at radius 1 is 1.36 bits per heavy atom. The summed E-state index contributed by atoms with van der Waals surface area (Å²) in [7, 11) is 0. The maximum absolute atomic E-state index is 4.42. The van der Waals surface area contributed by atoms with Gasteiger partial charge in [0.15, 0.2) is 0 Å². The Labute approximate surface area is 67.5 Å². The second-order valence-electron chi connectivity index (χ2n) is 3.24. The van der Waals surface area contributed by atoms with Gasteiger partial charge in [0, 0.05) is 13.1 Å². The van der Waals surface area contributed by atoms with Gasteiger partial charge in [-0.2, -0.15) is 0 Å². The van der Waals surface area contributed by atoms with Gasteiger partial charge in [-0.15, -0.1) is 0 Å². The molecule has 0 atom stereocenters. The maximum Gasteiger partial charge on any atom is 0.111 e. The monoisotopic (exact) mass is 153 g/mol. The fraction of sp³-hybridized carbons (Fsp3) is 0.875. The first kappa shape index (κ1) is 7.10. The number of amidine groups is 1. The third-order valence-corrected chi connectivity index (χ3v) is 2.29. The van der Waals surface area contributed by atoms with Crippen LogP contribution in [0.1, 0.15) is 12.8 Å². The molecule has 1 saturated heterocycles. The molecule has 11 heavy (non-hydrogen) atoms. The van der Waals surface area contributed by atoms with Crippen LogP contribution in [0.4, 0.5) is 0 Å². The predicted octanol–water partition coefficient (Wildman–Crippen LogP) is 0.0839. The summed E-state index contributed by atoms with van der Waals surface area (Å²) >= 11 is 0. The Morgan fingerprint density at radius 3 is 2.82 bits per heavy atom. The number of aliphatic imine (C=N–C) groups is 1. The molecule has 0 aromatic rings. The lowest BCUT2D eigenvalue weighted by Gasteiger charge is -2.31. The summed E-state index contributed by atoms with van der Waals surface area (Å²) in [6, 6.07) is 0. The lowest BCUT2D eigenvalue weighted by molar-refractivity contribution is 0.208. The Balaban J connectivity index is 1.79. The Kier molecular flexibility index (Phi) is 2.08. The number of nitrogens with zero attached hydrogens (tertiary/aromatic N) is 2. The van der Waals surface area contributed by atoms with Crippen molar-refractivity contribution in [2.24, 2.45) is 4.99 Å². The Morgan fingerprint density at radius 2 is 2.27 bits per heavy atom. The van der Waals surface area contributed by atoms with Crippen LogP contribution in [0.15, 0.2) is 4.99 Å². The molecule has 2 rings (SSSR count). The quantitative estimate of drug-likeness (QED) is 0.608. The van der Waals surface area contributed by atoms with Gasteiger partial charge >= 0.3 is 0 Å². The minimum atomic E-state index is 1.02. The summed E-state index contributed by atoms with van der Waals surface area (Å²) in [5.74, 6) is 1.20. The fourth-order valence-electron chi connectivity index (χ4n) is 1.44. The molecule has 0 radical (unpaired) electrons. The van der Waals surface area contributed by atoms with E-state index < -0.39 is 0 Å². The molecular weight excluding hydrogens is 138 g/mol. The SMILES string of the molecule is C1CN=C(CN2CCC2)NC1. The van der Waals surface area contributed by atoms with Gasteiger partial charge in [0.1, 0.15) is 5.84 Å². The highest BCUT2D eigenvalue weighted by molar-refractivity contribution is 5.84. The van der Waals surface area contributed by atoms with E-state index in [2.05, 4.69) is 15.2 Å². The van der Waals surface area contributed by atoms with Gasteiger partial charge in [-0.1, -0.05) is 0 Å². The van der Waals surface area contributed by atoms with Crippen molar-refractivity contribution in [1.29, 1.82) is 0 Å². The molecule has 2 aliphatic rings. The predicted molar refractivity (Wildman–Crippen MR) is 46.0 cm³/mol. The normalized spacial score (nSPS) is 25.3. The maximum atomic E-state index is 4.42. The molecule has 0 aliphatic carbocycles. The lowest BCUT2D eigenvalue weighted by Crippen LogP contribution is -2.45. The van der Waals surface area contributed by atoms with Crippen LogP contribution in [0, 0.1) is 0 Å². The second-order valence-corrected chi connectivity index (χ2v) is 3.24. The third-order valence-electron chi connectivity index (χ3n) is 2.29. The van der Waals surface area contributed by atoms with Crippen molar-refractivity contribution in [3.63, 3.8) is 0 Å². The lowest BCUT2D eigenvalue weighted by atomic mass is 10.2. The van der Waals surface area contributed by atoms with Crippen LogP contribution in [-0.2, 0) is 0 Å². The van der Waals surface area contributed by atoms with E-state index in [1.54, 1.807) is 0 Å². The first-order chi connectivity index (χ1) is 5.45. The average Bonchev–Trinajstić information content (AvgIpc) is 1.99. The number of hydrogen-bond acceptors (Lipinski definition) is 3. The van der Waals surface area contributed by atoms with Crippen LogP contribution < -0.4 is 5.32 Å². The van der Waals surface area contributed by atoms with Crippen molar-refractivity contribution >= 4 is 5.84 Å². The summed E-state index contributed by atoms with van der Waals surface area (Å²) in [5.41, 5.74) is 0. The number of rotatable bonds is 2. The molecule has 3 heteroatoms. The molecule has 62 valence electrons. The van der Waals surface area contributed by atoms with E-state index in [9.17, 15) is 0 Å². The molecule has 1 N–H and O–H groups in total. The van der Waals surface area contributed by atoms with Crippen molar-refractivity contribution in [3.8, 4) is 0 Å². The van der Waals surface area contributed by atoms with Crippen LogP contribution in [-0.4, -0.2) is 43.5 Å². The number of likely N-dealkylation sites (tertiary alicyclic amines) is 1. The van der Waals surface area contributed by atoms with Crippen molar-refractivity contribution in [2.75, 3.05) is 32.7 Å². The molecule has 0 spiro atoms. The molecular formula is C8H15N3. The highest BCUT2D eigenvalue weighted by Crippen LogP contribution is 2.05. The smallest absolute Gasteiger partial charge is 0.111 e. The minimum Gasteiger partial charge on any atom is -0.373 e. The Hall–Kier alpha value is -0.570. The van der Waals surface area contributed by atoms with Gasteiger partial charge in [-0.25, -0.2) is 0 Å². The molecule has 1 fully saturated rings. The van der Waals surface area contributed by atoms with Crippen molar-refractivity contribution < 1.29 is 0 Å². The van der Waals surface area contributed by atoms with Crippen LogP contribution in [0.3, 0.4) is 0 Å². The largest absolute Gasteiger partial charge is 0.373 e. The second kappa shape index (κ2) is 3.22. The van der Waals surface area contributed by atoms with Crippen LogP contribution >= 0.6 is 0 Å². The molecule has 0 aromatic carbocycles. The van der Waals surface area contributed by atoms with Gasteiger partial charge in [-0.05, 0) is 25.9 Å². The average molecular weight is 153 g/mol. The number of nitrogens with one attached hydrogen (secondary N) is 1. The summed E-state index contributed by atoms with van der Waals surface area (Å²) in [4.78, 5) is 6.84. The van der Waals surface area contributed by atoms with E-state index in [0.29, 0.717) is 0 Å². The highest BCUT2D eigenvalue weighted by atomic mass is 15.2. The first-order valence-electron chi connectivity index (χ1n) is 4.45. The highest BCUT2D eigenvalue weighted by Gasteiger charge is 2.16. The summed E-state index contributed by atoms with van der Waals surface area (Å²) in [6.45, 7) is 5.73. The molecule has 0 bridgehead atoms. The number of hydrogen-bond donors (Lipinski definition) is 1. The molecule has 3 nitrogen and oxygen atoms in total. The van der Waals surface area contributed by atoms with Crippen molar-refractivity contribution in [2.45, 2.75) is 12.8 Å². The van der Waals surface area contributed by atoms with Crippen LogP contribution in [0.25, 0.3) is 0 Å². The Bertz CT molecular complexity index is 161. The molecule has 2 aliphatic heterocycles. The van der Waals surface area contributed by atoms with Gasteiger partial charge < -0.3 is 5.32 Å². The van der Waals surface area contributed by atoms with Crippen molar-refractivity contribution in [3.05, 3.63) is 0 Å². The standard InChI is InChI=1S/C8H15N3/c1-3-9-8(10-4-1)7-11-5-2-6-11/h1-7H2,(H,9,10). The van der Waals surface area contributed by atoms with E-state index in [0.717, 1.165) is 19.6 Å². The summed E-state index contributed by atoms with van der Waals surface area (Å²) in [5, 5.41) is 3.33. The van der Waals surface area contributed by atoms with E-state index in [-0.39, 0.29) is 0 Å². The zero-order chi connectivity index (χ0) is 7.52. The minimum absolute atomic E-state index is 1.02.